The van der Waals surface area contributed by atoms with E-state index in [0.717, 1.165) is 29.9 Å². The van der Waals surface area contributed by atoms with Crippen LogP contribution in [0.15, 0.2) is 78.0 Å². The molecule has 0 fully saturated rings. The van der Waals surface area contributed by atoms with Crippen LogP contribution in [0.1, 0.15) is 23.1 Å². The number of alkyl halides is 3. The number of halogens is 3. The number of aromatic nitrogens is 4. The Labute approximate surface area is 197 Å². The summed E-state index contributed by atoms with van der Waals surface area (Å²) in [5, 5.41) is 11.5. The molecule has 2 heterocycles. The molecule has 2 aromatic carbocycles. The van der Waals surface area contributed by atoms with E-state index in [-0.39, 0.29) is 0 Å². The molecule has 0 bridgehead atoms. The van der Waals surface area contributed by atoms with Crippen LogP contribution < -0.4 is 4.72 Å². The van der Waals surface area contributed by atoms with E-state index in [0.29, 0.717) is 17.1 Å². The van der Waals surface area contributed by atoms with Gasteiger partial charge in [-0.15, -0.1) is 5.10 Å². The third kappa shape index (κ3) is 5.69. The van der Waals surface area contributed by atoms with Gasteiger partial charge in [-0.25, -0.2) is 4.21 Å². The van der Waals surface area contributed by atoms with Crippen molar-refractivity contribution in [1.29, 1.82) is 0 Å². The first kappa shape index (κ1) is 23.6. The predicted molar refractivity (Wildman–Crippen MR) is 124 cm³/mol. The number of nitrogens with one attached hydrogen (secondary N) is 1. The van der Waals surface area contributed by atoms with Crippen molar-refractivity contribution >= 4 is 16.8 Å². The molecule has 4 aromatic rings. The maximum Gasteiger partial charge on any atom is 0.416 e. The zero-order chi connectivity index (χ0) is 24.1. The van der Waals surface area contributed by atoms with Crippen molar-refractivity contribution in [1.82, 2.24) is 20.0 Å². The van der Waals surface area contributed by atoms with Gasteiger partial charge in [0.2, 0.25) is 0 Å². The second-order valence-electron chi connectivity index (χ2n) is 7.68. The standard InChI is InChI=1S/C13H13N3OS.C11H9F3N2/c17-18(16-13-5-2-8-14-15-13)12-7-6-10-3-1-4-11(10)9-12;1-16-10(5-6-15-16)8-3-2-4-9(7-8)11(12,13)14/h2,5-9H,1,3-4H2,(H,15,16);2-7H,1H3. The number of fused-ring (bicyclic) bond motifs is 1. The van der Waals surface area contributed by atoms with Crippen molar-refractivity contribution < 1.29 is 17.4 Å². The SMILES string of the molecule is Cn1nccc1-c1cccc(C(F)(F)F)c1.O=S(Nc1cccnn1)c1ccc2c(c1)CCC2. The van der Waals surface area contributed by atoms with Crippen LogP contribution in [0.2, 0.25) is 0 Å². The Kier molecular flexibility index (Phi) is 7.06. The highest BCUT2D eigenvalue weighted by atomic mass is 32.2. The highest BCUT2D eigenvalue weighted by Crippen LogP contribution is 2.32. The average Bonchev–Trinajstić information content (AvgIpc) is 3.48. The summed E-state index contributed by atoms with van der Waals surface area (Å²) in [4.78, 5) is 0.793. The Morgan fingerprint density at radius 2 is 1.79 bits per heavy atom. The van der Waals surface area contributed by atoms with Crippen molar-refractivity contribution in [2.24, 2.45) is 7.05 Å². The van der Waals surface area contributed by atoms with Gasteiger partial charge in [-0.05, 0) is 72.9 Å². The second-order valence-corrected chi connectivity index (χ2v) is 8.90. The van der Waals surface area contributed by atoms with Crippen LogP contribution in [0.5, 0.6) is 0 Å². The van der Waals surface area contributed by atoms with E-state index in [4.69, 9.17) is 0 Å². The van der Waals surface area contributed by atoms with Crippen molar-refractivity contribution in [3.63, 3.8) is 0 Å². The van der Waals surface area contributed by atoms with Crippen LogP contribution in [0.4, 0.5) is 19.0 Å². The number of anilines is 1. The van der Waals surface area contributed by atoms with E-state index in [1.165, 1.54) is 28.3 Å². The van der Waals surface area contributed by atoms with Crippen molar-refractivity contribution in [3.05, 3.63) is 89.7 Å². The van der Waals surface area contributed by atoms with Gasteiger partial charge in [-0.1, -0.05) is 18.2 Å². The number of hydrogen-bond acceptors (Lipinski definition) is 4. The highest BCUT2D eigenvalue weighted by Gasteiger charge is 2.30. The predicted octanol–water partition coefficient (Wildman–Crippen LogP) is 5.21. The number of aryl methyl sites for hydroxylation is 3. The zero-order valence-corrected chi connectivity index (χ0v) is 19.1. The number of benzene rings is 2. The van der Waals surface area contributed by atoms with Crippen LogP contribution in [0, 0.1) is 0 Å². The molecule has 34 heavy (non-hydrogen) atoms. The lowest BCUT2D eigenvalue weighted by Gasteiger charge is -2.08. The van der Waals surface area contributed by atoms with E-state index in [2.05, 4.69) is 26.1 Å². The summed E-state index contributed by atoms with van der Waals surface area (Å²) in [5.74, 6) is 0.524. The fourth-order valence-electron chi connectivity index (χ4n) is 3.69. The molecular weight excluding hydrogens is 463 g/mol. The molecule has 0 aliphatic heterocycles. The van der Waals surface area contributed by atoms with E-state index in [1.54, 1.807) is 43.7 Å². The lowest BCUT2D eigenvalue weighted by Crippen LogP contribution is -2.07. The van der Waals surface area contributed by atoms with Crippen LogP contribution in [-0.4, -0.2) is 24.2 Å². The van der Waals surface area contributed by atoms with Gasteiger partial charge in [0.15, 0.2) is 16.8 Å². The Bertz CT molecular complexity index is 1290. The summed E-state index contributed by atoms with van der Waals surface area (Å²) in [6.45, 7) is 0. The summed E-state index contributed by atoms with van der Waals surface area (Å²) in [6, 6.07) is 16.4. The first-order chi connectivity index (χ1) is 16.3. The minimum atomic E-state index is -4.31. The van der Waals surface area contributed by atoms with Crippen LogP contribution >= 0.6 is 0 Å². The molecule has 1 atom stereocenters. The molecule has 1 N–H and O–H groups in total. The van der Waals surface area contributed by atoms with E-state index >= 15 is 0 Å². The van der Waals surface area contributed by atoms with Gasteiger partial charge in [0.1, 0.15) is 0 Å². The van der Waals surface area contributed by atoms with Gasteiger partial charge < -0.3 is 0 Å². The Hall–Kier alpha value is -3.53. The molecule has 0 saturated carbocycles. The maximum atomic E-state index is 12.5. The summed E-state index contributed by atoms with van der Waals surface area (Å²) >= 11 is 0. The molecule has 0 radical (unpaired) electrons. The van der Waals surface area contributed by atoms with E-state index < -0.39 is 22.7 Å². The first-order valence-corrected chi connectivity index (χ1v) is 11.7. The van der Waals surface area contributed by atoms with Crippen molar-refractivity contribution in [2.75, 3.05) is 4.72 Å². The smallest absolute Gasteiger partial charge is 0.284 e. The highest BCUT2D eigenvalue weighted by molar-refractivity contribution is 7.86. The van der Waals surface area contributed by atoms with Crippen LogP contribution in [0.25, 0.3) is 11.3 Å². The molecule has 1 aliphatic carbocycles. The summed E-state index contributed by atoms with van der Waals surface area (Å²) in [5.41, 5.74) is 3.23. The molecule has 0 saturated heterocycles. The fourth-order valence-corrected chi connectivity index (χ4v) is 4.54. The van der Waals surface area contributed by atoms with E-state index in [9.17, 15) is 17.4 Å². The topological polar surface area (TPSA) is 72.7 Å². The third-order valence-corrected chi connectivity index (χ3v) is 6.44. The average molecular weight is 486 g/mol. The lowest BCUT2D eigenvalue weighted by atomic mass is 10.1. The number of rotatable bonds is 4. The molecule has 1 aliphatic rings. The van der Waals surface area contributed by atoms with Gasteiger partial charge in [0.25, 0.3) is 0 Å². The molecule has 1 unspecified atom stereocenters. The summed E-state index contributed by atoms with van der Waals surface area (Å²) < 4.78 is 54.0. The van der Waals surface area contributed by atoms with Crippen molar-refractivity contribution in [2.45, 2.75) is 30.3 Å². The molecule has 6 nitrogen and oxygen atoms in total. The normalized spacial score (nSPS) is 13.5. The molecule has 5 rings (SSSR count). The van der Waals surface area contributed by atoms with Gasteiger partial charge in [0.05, 0.1) is 16.2 Å². The summed E-state index contributed by atoms with van der Waals surface area (Å²) in [6.07, 6.45) is 2.25. The summed E-state index contributed by atoms with van der Waals surface area (Å²) in [7, 11) is 0.411. The molecule has 176 valence electrons. The molecule has 10 heteroatoms. The Balaban J connectivity index is 0.000000162. The zero-order valence-electron chi connectivity index (χ0n) is 18.3. The molecule has 0 amide bonds. The number of nitrogens with zero attached hydrogens (tertiary/aromatic N) is 4. The minimum absolute atomic E-state index is 0.509. The monoisotopic (exact) mass is 485 g/mol. The van der Waals surface area contributed by atoms with Gasteiger partial charge >= 0.3 is 6.18 Å². The number of hydrogen-bond donors (Lipinski definition) is 1. The lowest BCUT2D eigenvalue weighted by molar-refractivity contribution is -0.137. The quantitative estimate of drug-likeness (QED) is 0.431. The maximum absolute atomic E-state index is 12.5. The van der Waals surface area contributed by atoms with E-state index in [1.807, 2.05) is 12.1 Å². The Morgan fingerprint density at radius 3 is 2.50 bits per heavy atom. The van der Waals surface area contributed by atoms with Gasteiger partial charge in [0, 0.05) is 25.0 Å². The fraction of sp³-hybridized carbons (Fsp3) is 0.208. The van der Waals surface area contributed by atoms with Crippen LogP contribution in [-0.2, 0) is 37.1 Å². The Morgan fingerprint density at radius 1 is 0.971 bits per heavy atom. The first-order valence-electron chi connectivity index (χ1n) is 10.5. The third-order valence-electron chi connectivity index (χ3n) is 5.36. The largest absolute Gasteiger partial charge is 0.416 e. The molecule has 2 aromatic heterocycles. The van der Waals surface area contributed by atoms with Crippen LogP contribution in [0.3, 0.4) is 0 Å². The van der Waals surface area contributed by atoms with Gasteiger partial charge in [-0.2, -0.15) is 23.4 Å². The molecular formula is C24H22F3N5OS. The second kappa shape index (κ2) is 10.2. The van der Waals surface area contributed by atoms with Crippen molar-refractivity contribution in [3.8, 4) is 11.3 Å². The minimum Gasteiger partial charge on any atom is -0.284 e. The molecule has 0 spiro atoms. The van der Waals surface area contributed by atoms with Gasteiger partial charge in [-0.3, -0.25) is 9.40 Å².